The van der Waals surface area contributed by atoms with Crippen molar-refractivity contribution in [2.45, 2.75) is 6.54 Å². The number of carboxylic acids is 1. The summed E-state index contributed by atoms with van der Waals surface area (Å²) < 4.78 is 14.4. The Bertz CT molecular complexity index is 1170. The number of hydrogen-bond donors (Lipinski definition) is 3. The predicted octanol–water partition coefficient (Wildman–Crippen LogP) is 3.25. The van der Waals surface area contributed by atoms with Crippen LogP contribution in [0.2, 0.25) is 0 Å². The highest BCUT2D eigenvalue weighted by atomic mass is 32.1. The maximum atomic E-state index is 13.1. The lowest BCUT2D eigenvalue weighted by atomic mass is 10.2. The molecule has 7 nitrogen and oxygen atoms in total. The van der Waals surface area contributed by atoms with Crippen molar-refractivity contribution in [2.75, 3.05) is 0 Å². The van der Waals surface area contributed by atoms with Crippen molar-refractivity contribution >= 4 is 30.1 Å². The smallest absolute Gasteiger partial charge is 0.335 e. The Morgan fingerprint density at radius 1 is 1.18 bits per heavy atom. The summed E-state index contributed by atoms with van der Waals surface area (Å²) in [5.41, 5.74) is 0.442. The third kappa shape index (κ3) is 4.21. The largest absolute Gasteiger partial charge is 0.494 e. The molecule has 1 aromatic heterocycles. The number of rotatable bonds is 5. The van der Waals surface area contributed by atoms with Crippen LogP contribution in [0, 0.1) is 10.6 Å². The zero-order chi connectivity index (χ0) is 20.3. The van der Waals surface area contributed by atoms with E-state index in [1.54, 1.807) is 12.1 Å². The van der Waals surface area contributed by atoms with Crippen LogP contribution >= 0.6 is 12.2 Å². The van der Waals surface area contributed by atoms with Gasteiger partial charge in [0.05, 0.1) is 17.8 Å². The van der Waals surface area contributed by atoms with E-state index >= 15 is 0 Å². The fraction of sp³-hybridized carbons (Fsp3) is 0.0526. The van der Waals surface area contributed by atoms with Gasteiger partial charge in [-0.2, -0.15) is 0 Å². The molecular weight excluding hydrogens is 385 g/mol. The Morgan fingerprint density at radius 2 is 1.82 bits per heavy atom. The molecule has 0 bridgehead atoms. The van der Waals surface area contributed by atoms with Gasteiger partial charge in [-0.15, -0.1) is 0 Å². The third-order valence-electron chi connectivity index (χ3n) is 3.92. The lowest BCUT2D eigenvalue weighted by Gasteiger charge is -2.11. The first kappa shape index (κ1) is 19.2. The van der Waals surface area contributed by atoms with Crippen molar-refractivity contribution in [1.82, 2.24) is 9.55 Å². The van der Waals surface area contributed by atoms with Crippen molar-refractivity contribution in [3.8, 4) is 5.88 Å². The van der Waals surface area contributed by atoms with Crippen LogP contribution in [0.4, 0.5) is 10.1 Å². The molecule has 3 N–H and O–H groups in total. The number of aliphatic imine (C=N–C) groups is 1. The fourth-order valence-electron chi connectivity index (χ4n) is 2.44. The number of H-pyrrole nitrogens is 1. The normalized spacial score (nSPS) is 11.0. The van der Waals surface area contributed by atoms with Gasteiger partial charge in [0, 0.05) is 6.21 Å². The second-order valence-electron chi connectivity index (χ2n) is 5.82. The number of carboxylic acid groups (broad SMARTS) is 1. The number of aromatic carboxylic acids is 1. The first-order chi connectivity index (χ1) is 13.3. The van der Waals surface area contributed by atoms with E-state index in [0.717, 1.165) is 0 Å². The number of aromatic amines is 1. The summed E-state index contributed by atoms with van der Waals surface area (Å²) in [6, 6.07) is 11.3. The molecule has 2 aromatic carbocycles. The standard InChI is InChI=1S/C19H14FN3O4S/c20-13-5-1-11(2-6-13)10-23-17(25)15(16(24)22-19(23)28)9-21-14-7-3-12(4-8-14)18(26)27/h1-9,25H,10H2,(H,26,27)(H,22,24,28). The average molecular weight is 399 g/mol. The number of nitrogens with zero attached hydrogens (tertiary/aromatic N) is 2. The van der Waals surface area contributed by atoms with Crippen LogP contribution in [-0.2, 0) is 6.54 Å². The topological polar surface area (TPSA) is 108 Å². The summed E-state index contributed by atoms with van der Waals surface area (Å²) in [7, 11) is 0. The van der Waals surface area contributed by atoms with Crippen LogP contribution in [0.5, 0.6) is 5.88 Å². The van der Waals surface area contributed by atoms with Gasteiger partial charge in [-0.3, -0.25) is 19.3 Å². The van der Waals surface area contributed by atoms with E-state index in [-0.39, 0.29) is 34.1 Å². The van der Waals surface area contributed by atoms with E-state index in [0.29, 0.717) is 11.3 Å². The molecule has 0 aliphatic heterocycles. The van der Waals surface area contributed by atoms with E-state index in [9.17, 15) is 19.1 Å². The lowest BCUT2D eigenvalue weighted by molar-refractivity contribution is 0.0697. The summed E-state index contributed by atoms with van der Waals surface area (Å²) in [5, 5.41) is 19.4. The molecule has 0 spiro atoms. The molecule has 0 saturated carbocycles. The van der Waals surface area contributed by atoms with Crippen LogP contribution in [0.25, 0.3) is 0 Å². The SMILES string of the molecule is O=C(O)c1ccc(N=Cc2c(O)n(Cc3ccc(F)cc3)c(=S)[nH]c2=O)cc1. The molecule has 0 atom stereocenters. The number of aromatic nitrogens is 2. The van der Waals surface area contributed by atoms with Crippen LogP contribution in [0.15, 0.2) is 58.3 Å². The Labute approximate surface area is 163 Å². The lowest BCUT2D eigenvalue weighted by Crippen LogP contribution is -2.19. The Hall–Kier alpha value is -3.59. The van der Waals surface area contributed by atoms with Crippen molar-refractivity contribution in [1.29, 1.82) is 0 Å². The summed E-state index contributed by atoms with van der Waals surface area (Å²) >= 11 is 5.10. The van der Waals surface area contributed by atoms with Gasteiger partial charge in [0.25, 0.3) is 5.56 Å². The molecule has 142 valence electrons. The van der Waals surface area contributed by atoms with Crippen molar-refractivity contribution < 1.29 is 19.4 Å². The first-order valence-electron chi connectivity index (χ1n) is 8.03. The third-order valence-corrected chi connectivity index (χ3v) is 4.24. The number of halogens is 1. The van der Waals surface area contributed by atoms with Gasteiger partial charge < -0.3 is 10.2 Å². The molecule has 0 fully saturated rings. The van der Waals surface area contributed by atoms with Crippen LogP contribution in [0.3, 0.4) is 0 Å². The van der Waals surface area contributed by atoms with Gasteiger partial charge >= 0.3 is 5.97 Å². The summed E-state index contributed by atoms with van der Waals surface area (Å²) in [6.07, 6.45) is 1.17. The zero-order valence-corrected chi connectivity index (χ0v) is 15.1. The second-order valence-corrected chi connectivity index (χ2v) is 6.21. The molecule has 0 aliphatic carbocycles. The van der Waals surface area contributed by atoms with E-state index in [4.69, 9.17) is 17.3 Å². The molecular formula is C19H14FN3O4S. The Balaban J connectivity index is 1.94. The highest BCUT2D eigenvalue weighted by Crippen LogP contribution is 2.17. The van der Waals surface area contributed by atoms with Gasteiger partial charge in [0.15, 0.2) is 4.77 Å². The molecule has 0 radical (unpaired) electrons. The minimum absolute atomic E-state index is 0.00906. The van der Waals surface area contributed by atoms with E-state index in [1.807, 2.05) is 0 Å². The zero-order valence-electron chi connectivity index (χ0n) is 14.3. The Kier molecular flexibility index (Phi) is 5.46. The maximum absolute atomic E-state index is 13.1. The van der Waals surface area contributed by atoms with Crippen molar-refractivity contribution in [2.24, 2.45) is 4.99 Å². The summed E-state index contributed by atoms with van der Waals surface area (Å²) in [4.78, 5) is 29.6. The van der Waals surface area contributed by atoms with E-state index in [2.05, 4.69) is 9.98 Å². The van der Waals surface area contributed by atoms with Crippen molar-refractivity contribution in [3.05, 3.63) is 86.2 Å². The Morgan fingerprint density at radius 3 is 2.43 bits per heavy atom. The molecule has 0 aliphatic rings. The fourth-order valence-corrected chi connectivity index (χ4v) is 2.68. The molecule has 3 rings (SSSR count). The molecule has 1 heterocycles. The van der Waals surface area contributed by atoms with Crippen molar-refractivity contribution in [3.63, 3.8) is 0 Å². The number of hydrogen-bond acceptors (Lipinski definition) is 5. The first-order valence-corrected chi connectivity index (χ1v) is 8.44. The quantitative estimate of drug-likeness (QED) is 0.451. The van der Waals surface area contributed by atoms with Gasteiger partial charge in [0.1, 0.15) is 11.4 Å². The monoisotopic (exact) mass is 399 g/mol. The average Bonchev–Trinajstić information content (AvgIpc) is 2.66. The maximum Gasteiger partial charge on any atom is 0.335 e. The van der Waals surface area contributed by atoms with Gasteiger partial charge in [-0.05, 0) is 54.2 Å². The summed E-state index contributed by atoms with van der Waals surface area (Å²) in [5.74, 6) is -1.84. The highest BCUT2D eigenvalue weighted by molar-refractivity contribution is 7.71. The molecule has 0 saturated heterocycles. The minimum Gasteiger partial charge on any atom is -0.494 e. The number of nitrogens with one attached hydrogen (secondary N) is 1. The van der Waals surface area contributed by atoms with Crippen LogP contribution < -0.4 is 5.56 Å². The molecule has 3 aromatic rings. The number of carbonyl (C=O) groups is 1. The molecule has 28 heavy (non-hydrogen) atoms. The number of benzene rings is 2. The minimum atomic E-state index is -1.06. The highest BCUT2D eigenvalue weighted by Gasteiger charge is 2.11. The number of aromatic hydroxyl groups is 1. The molecule has 0 unspecified atom stereocenters. The second kappa shape index (κ2) is 7.97. The van der Waals surface area contributed by atoms with Crippen LogP contribution in [0.1, 0.15) is 21.5 Å². The molecule has 9 heteroatoms. The predicted molar refractivity (Wildman–Crippen MR) is 104 cm³/mol. The van der Waals surface area contributed by atoms with E-state index < -0.39 is 11.5 Å². The van der Waals surface area contributed by atoms with Gasteiger partial charge in [-0.1, -0.05) is 12.1 Å². The van der Waals surface area contributed by atoms with Gasteiger partial charge in [-0.25, -0.2) is 9.18 Å². The molecule has 0 amide bonds. The summed E-state index contributed by atoms with van der Waals surface area (Å²) in [6.45, 7) is 0.121. The van der Waals surface area contributed by atoms with E-state index in [1.165, 1.54) is 47.2 Å². The van der Waals surface area contributed by atoms with Gasteiger partial charge in [0.2, 0.25) is 5.88 Å². The van der Waals surface area contributed by atoms with Crippen LogP contribution in [-0.4, -0.2) is 31.9 Å².